The van der Waals surface area contributed by atoms with Gasteiger partial charge in [-0.2, -0.15) is 8.78 Å². The van der Waals surface area contributed by atoms with Crippen molar-refractivity contribution in [2.75, 3.05) is 5.32 Å². The van der Waals surface area contributed by atoms with E-state index in [4.69, 9.17) is 0 Å². The van der Waals surface area contributed by atoms with Crippen LogP contribution < -0.4 is 10.9 Å². The van der Waals surface area contributed by atoms with Crippen LogP contribution >= 0.6 is 11.8 Å². The lowest BCUT2D eigenvalue weighted by Gasteiger charge is -2.08. The number of hydrogen-bond acceptors (Lipinski definition) is 3. The van der Waals surface area contributed by atoms with Gasteiger partial charge in [0, 0.05) is 27.6 Å². The average molecular weight is 346 g/mol. The number of benzene rings is 2. The number of H-pyrrole nitrogens is 1. The van der Waals surface area contributed by atoms with E-state index in [1.54, 1.807) is 24.3 Å². The van der Waals surface area contributed by atoms with Crippen LogP contribution in [-0.4, -0.2) is 16.6 Å². The number of pyridine rings is 1. The molecule has 3 rings (SSSR count). The number of nitrogens with one attached hydrogen (secondary N) is 2. The smallest absolute Gasteiger partial charge is 0.288 e. The zero-order valence-corrected chi connectivity index (χ0v) is 13.1. The largest absolute Gasteiger partial charge is 0.322 e. The molecule has 3 aromatic rings. The van der Waals surface area contributed by atoms with Gasteiger partial charge in [-0.3, -0.25) is 9.59 Å². The Kier molecular flexibility index (Phi) is 4.61. The highest BCUT2D eigenvalue weighted by Crippen LogP contribution is 2.26. The van der Waals surface area contributed by atoms with Gasteiger partial charge in [0.25, 0.3) is 11.7 Å². The highest BCUT2D eigenvalue weighted by Gasteiger charge is 2.12. The number of hydrogen-bond donors (Lipinski definition) is 2. The van der Waals surface area contributed by atoms with Crippen LogP contribution in [-0.2, 0) is 0 Å². The number of carbonyl (C=O) groups is 1. The quantitative estimate of drug-likeness (QED) is 0.699. The van der Waals surface area contributed by atoms with Crippen molar-refractivity contribution in [3.05, 3.63) is 70.5 Å². The molecule has 1 heterocycles. The molecule has 0 saturated heterocycles. The Morgan fingerprint density at radius 1 is 1.08 bits per heavy atom. The van der Waals surface area contributed by atoms with Gasteiger partial charge in [0.15, 0.2) is 0 Å². The van der Waals surface area contributed by atoms with Crippen LogP contribution in [0.3, 0.4) is 0 Å². The lowest BCUT2D eigenvalue weighted by atomic mass is 10.1. The number of amides is 1. The van der Waals surface area contributed by atoms with Gasteiger partial charge in [-0.15, -0.1) is 0 Å². The Labute approximate surface area is 139 Å². The number of para-hydroxylation sites is 1. The van der Waals surface area contributed by atoms with E-state index >= 15 is 0 Å². The zero-order chi connectivity index (χ0) is 17.1. The van der Waals surface area contributed by atoms with E-state index in [1.165, 1.54) is 30.3 Å². The van der Waals surface area contributed by atoms with E-state index in [1.807, 2.05) is 0 Å². The number of aromatic nitrogens is 1. The molecule has 0 aliphatic heterocycles. The minimum atomic E-state index is -2.49. The van der Waals surface area contributed by atoms with E-state index in [-0.39, 0.29) is 11.1 Å². The number of halogens is 2. The maximum absolute atomic E-state index is 12.5. The highest BCUT2D eigenvalue weighted by molar-refractivity contribution is 7.99. The van der Waals surface area contributed by atoms with E-state index in [2.05, 4.69) is 10.3 Å². The van der Waals surface area contributed by atoms with Gasteiger partial charge < -0.3 is 10.3 Å². The van der Waals surface area contributed by atoms with Gasteiger partial charge in [-0.1, -0.05) is 30.0 Å². The predicted molar refractivity (Wildman–Crippen MR) is 90.8 cm³/mol. The second-order valence-electron chi connectivity index (χ2n) is 4.95. The first-order chi connectivity index (χ1) is 11.5. The van der Waals surface area contributed by atoms with Gasteiger partial charge >= 0.3 is 0 Å². The molecule has 7 heteroatoms. The van der Waals surface area contributed by atoms with Crippen LogP contribution in [0, 0.1) is 0 Å². The third-order valence-electron chi connectivity index (χ3n) is 3.33. The fraction of sp³-hybridized carbons (Fsp3) is 0.0588. The Morgan fingerprint density at radius 3 is 2.50 bits per heavy atom. The summed E-state index contributed by atoms with van der Waals surface area (Å²) in [6, 6.07) is 14.3. The summed E-state index contributed by atoms with van der Waals surface area (Å²) in [5, 5.41) is 3.29. The summed E-state index contributed by atoms with van der Waals surface area (Å²) in [5.41, 5.74) is 0.907. The van der Waals surface area contributed by atoms with Crippen LogP contribution in [0.4, 0.5) is 14.5 Å². The van der Waals surface area contributed by atoms with Gasteiger partial charge in [-0.25, -0.2) is 0 Å². The minimum Gasteiger partial charge on any atom is -0.322 e. The molecule has 0 aliphatic rings. The molecule has 0 unspecified atom stereocenters. The average Bonchev–Trinajstić information content (AvgIpc) is 2.55. The number of alkyl halides is 2. The first kappa shape index (κ1) is 16.2. The van der Waals surface area contributed by atoms with Crippen LogP contribution in [0.1, 0.15) is 10.4 Å². The number of anilines is 1. The molecule has 0 saturated carbocycles. The van der Waals surface area contributed by atoms with Gasteiger partial charge in [-0.05, 0) is 30.3 Å². The summed E-state index contributed by atoms with van der Waals surface area (Å²) in [4.78, 5) is 27.2. The maximum atomic E-state index is 12.5. The fourth-order valence-corrected chi connectivity index (χ4v) is 2.81. The van der Waals surface area contributed by atoms with Gasteiger partial charge in [0.1, 0.15) is 0 Å². The molecule has 24 heavy (non-hydrogen) atoms. The molecule has 0 fully saturated rings. The normalized spacial score (nSPS) is 11.0. The molecule has 0 radical (unpaired) electrons. The van der Waals surface area contributed by atoms with Crippen LogP contribution in [0.25, 0.3) is 10.9 Å². The Morgan fingerprint density at radius 2 is 1.79 bits per heavy atom. The van der Waals surface area contributed by atoms with E-state index in [0.717, 1.165) is 0 Å². The molecule has 0 aliphatic carbocycles. The van der Waals surface area contributed by atoms with Crippen molar-refractivity contribution in [2.45, 2.75) is 10.7 Å². The van der Waals surface area contributed by atoms with E-state index < -0.39 is 11.7 Å². The molecular formula is C17H12F2N2O2S. The minimum absolute atomic E-state index is 0.250. The fourth-order valence-electron chi connectivity index (χ4n) is 2.31. The van der Waals surface area contributed by atoms with Crippen molar-refractivity contribution in [1.29, 1.82) is 0 Å². The second kappa shape index (κ2) is 6.84. The van der Waals surface area contributed by atoms with Crippen molar-refractivity contribution in [1.82, 2.24) is 4.98 Å². The third kappa shape index (κ3) is 3.62. The molecule has 1 amide bonds. The molecular weight excluding hydrogens is 334 g/mol. The predicted octanol–water partition coefficient (Wildman–Crippen LogP) is 4.10. The standard InChI is InChI=1S/C17H12F2N2O2S/c18-17(19)24-11-7-5-10(6-8-11)20-16(23)13-9-15(22)21-14-4-2-1-3-12(13)14/h1-9,17H,(H,20,23)(H,21,22). The van der Waals surface area contributed by atoms with Crippen molar-refractivity contribution in [2.24, 2.45) is 0 Å². The number of carbonyl (C=O) groups excluding carboxylic acids is 1. The number of thioether (sulfide) groups is 1. The van der Waals surface area contributed by atoms with Crippen molar-refractivity contribution < 1.29 is 13.6 Å². The van der Waals surface area contributed by atoms with Crippen molar-refractivity contribution in [3.8, 4) is 0 Å². The molecule has 4 nitrogen and oxygen atoms in total. The summed E-state index contributed by atoms with van der Waals surface area (Å²) in [6.45, 7) is 0. The summed E-state index contributed by atoms with van der Waals surface area (Å²) in [5.74, 6) is -2.93. The summed E-state index contributed by atoms with van der Waals surface area (Å²) in [7, 11) is 0. The Bertz CT molecular complexity index is 939. The zero-order valence-electron chi connectivity index (χ0n) is 12.3. The molecule has 1 aromatic heterocycles. The maximum Gasteiger partial charge on any atom is 0.288 e. The molecule has 0 atom stereocenters. The molecule has 0 spiro atoms. The first-order valence-electron chi connectivity index (χ1n) is 7.01. The Balaban J connectivity index is 1.86. The monoisotopic (exact) mass is 346 g/mol. The number of aromatic amines is 1. The molecule has 2 N–H and O–H groups in total. The van der Waals surface area contributed by atoms with E-state index in [0.29, 0.717) is 33.2 Å². The number of fused-ring (bicyclic) bond motifs is 1. The summed E-state index contributed by atoms with van der Waals surface area (Å²) < 4.78 is 24.6. The Hall–Kier alpha value is -2.67. The van der Waals surface area contributed by atoms with Gasteiger partial charge in [0.05, 0.1) is 5.56 Å². The van der Waals surface area contributed by atoms with Crippen LogP contribution in [0.5, 0.6) is 0 Å². The molecule has 0 bridgehead atoms. The lowest BCUT2D eigenvalue weighted by molar-refractivity contribution is 0.102. The number of rotatable bonds is 4. The summed E-state index contributed by atoms with van der Waals surface area (Å²) in [6.07, 6.45) is 0. The second-order valence-corrected chi connectivity index (χ2v) is 6.01. The highest BCUT2D eigenvalue weighted by atomic mass is 32.2. The lowest BCUT2D eigenvalue weighted by Crippen LogP contribution is -2.16. The van der Waals surface area contributed by atoms with Crippen LogP contribution in [0.2, 0.25) is 0 Å². The third-order valence-corrected chi connectivity index (χ3v) is 4.06. The summed E-state index contributed by atoms with van der Waals surface area (Å²) >= 11 is 0.435. The topological polar surface area (TPSA) is 62.0 Å². The van der Waals surface area contributed by atoms with Gasteiger partial charge in [0.2, 0.25) is 5.56 Å². The van der Waals surface area contributed by atoms with Crippen LogP contribution in [0.15, 0.2) is 64.3 Å². The van der Waals surface area contributed by atoms with Crippen molar-refractivity contribution in [3.63, 3.8) is 0 Å². The molecule has 122 valence electrons. The molecule has 2 aromatic carbocycles. The first-order valence-corrected chi connectivity index (χ1v) is 7.89. The van der Waals surface area contributed by atoms with E-state index in [9.17, 15) is 18.4 Å². The SMILES string of the molecule is O=C(Nc1ccc(SC(F)F)cc1)c1cc(=O)[nH]c2ccccc12. The van der Waals surface area contributed by atoms with Crippen molar-refractivity contribution >= 4 is 34.3 Å².